The van der Waals surface area contributed by atoms with Crippen LogP contribution in [0.2, 0.25) is 0 Å². The number of sulfonamides is 1. The summed E-state index contributed by atoms with van der Waals surface area (Å²) in [7, 11) is -4.18. The minimum absolute atomic E-state index is 0.00254. The van der Waals surface area contributed by atoms with Gasteiger partial charge in [0.1, 0.15) is 5.69 Å². The fourth-order valence-electron chi connectivity index (χ4n) is 2.58. The van der Waals surface area contributed by atoms with E-state index in [9.17, 15) is 23.6 Å². The molecule has 2 rings (SSSR count). The molecule has 8 nitrogen and oxygen atoms in total. The summed E-state index contributed by atoms with van der Waals surface area (Å²) in [5.74, 6) is 0.00254. The first kappa shape index (κ1) is 15.7. The topological polar surface area (TPSA) is 136 Å². The highest BCUT2D eigenvalue weighted by molar-refractivity contribution is 7.89. The summed E-state index contributed by atoms with van der Waals surface area (Å²) in [6.45, 7) is 0.343. The van der Waals surface area contributed by atoms with Crippen molar-refractivity contribution in [3.8, 4) is 0 Å². The van der Waals surface area contributed by atoms with E-state index in [1.807, 2.05) is 0 Å². The van der Waals surface area contributed by atoms with E-state index in [0.29, 0.717) is 13.0 Å². The summed E-state index contributed by atoms with van der Waals surface area (Å²) in [6, 6.07) is 3.91. The summed E-state index contributed by atoms with van der Waals surface area (Å²) < 4.78 is 22.9. The molecule has 0 bridgehead atoms. The van der Waals surface area contributed by atoms with E-state index in [2.05, 4.69) is 5.32 Å². The molecule has 1 fully saturated rings. The van der Waals surface area contributed by atoms with Gasteiger partial charge in [0, 0.05) is 12.5 Å². The third-order valence-corrected chi connectivity index (χ3v) is 4.60. The van der Waals surface area contributed by atoms with Gasteiger partial charge in [-0.1, -0.05) is 12.5 Å². The minimum atomic E-state index is -4.18. The van der Waals surface area contributed by atoms with Crippen LogP contribution in [0.1, 0.15) is 19.3 Å². The SMILES string of the molecule is NS(=O)(=O)c1cccc(NCC2CCCC2O)c1[N+](=O)[O-]. The van der Waals surface area contributed by atoms with Crippen LogP contribution in [0.5, 0.6) is 0 Å². The molecule has 0 amide bonds. The van der Waals surface area contributed by atoms with Gasteiger partial charge < -0.3 is 10.4 Å². The molecule has 21 heavy (non-hydrogen) atoms. The van der Waals surface area contributed by atoms with Crippen LogP contribution in [-0.2, 0) is 10.0 Å². The number of hydrogen-bond acceptors (Lipinski definition) is 6. The second-order valence-electron chi connectivity index (χ2n) is 5.09. The normalized spacial score (nSPS) is 22.2. The molecule has 4 N–H and O–H groups in total. The zero-order chi connectivity index (χ0) is 15.6. The molecule has 0 heterocycles. The molecule has 1 aromatic rings. The second kappa shape index (κ2) is 5.96. The standard InChI is InChI=1S/C12H17N3O5S/c13-21(19,20)11-6-2-4-9(12(11)15(17)18)14-7-8-3-1-5-10(8)16/h2,4,6,8,10,14,16H,1,3,5,7H2,(H2,13,19,20). The van der Waals surface area contributed by atoms with E-state index >= 15 is 0 Å². The molecule has 116 valence electrons. The van der Waals surface area contributed by atoms with E-state index < -0.39 is 31.6 Å². The number of benzene rings is 1. The number of nitro benzene ring substituents is 1. The van der Waals surface area contributed by atoms with E-state index in [1.165, 1.54) is 12.1 Å². The highest BCUT2D eigenvalue weighted by Crippen LogP contribution is 2.32. The number of nitro groups is 1. The van der Waals surface area contributed by atoms with Crippen LogP contribution in [0.4, 0.5) is 11.4 Å². The summed E-state index contributed by atoms with van der Waals surface area (Å²) >= 11 is 0. The van der Waals surface area contributed by atoms with Gasteiger partial charge in [0.25, 0.3) is 0 Å². The van der Waals surface area contributed by atoms with Gasteiger partial charge in [-0.3, -0.25) is 10.1 Å². The highest BCUT2D eigenvalue weighted by atomic mass is 32.2. The Kier molecular flexibility index (Phi) is 4.45. The predicted octanol–water partition coefficient (Wildman–Crippen LogP) is 0.815. The fourth-order valence-corrected chi connectivity index (χ4v) is 3.30. The molecule has 9 heteroatoms. The first-order valence-corrected chi connectivity index (χ1v) is 8.07. The van der Waals surface area contributed by atoms with Crippen LogP contribution in [-0.4, -0.2) is 31.1 Å². The zero-order valence-electron chi connectivity index (χ0n) is 11.2. The number of aliphatic hydroxyl groups is 1. The summed E-state index contributed by atoms with van der Waals surface area (Å²) in [5, 5.41) is 28.7. The summed E-state index contributed by atoms with van der Waals surface area (Å²) in [5.41, 5.74) is -0.474. The number of anilines is 1. The quantitative estimate of drug-likeness (QED) is 0.543. The van der Waals surface area contributed by atoms with Gasteiger partial charge >= 0.3 is 5.69 Å². The fraction of sp³-hybridized carbons (Fsp3) is 0.500. The maximum atomic E-state index is 11.4. The Morgan fingerprint density at radius 2 is 2.14 bits per heavy atom. The van der Waals surface area contributed by atoms with E-state index in [0.717, 1.165) is 18.9 Å². The Balaban J connectivity index is 2.29. The van der Waals surface area contributed by atoms with Gasteiger partial charge in [-0.25, -0.2) is 13.6 Å². The van der Waals surface area contributed by atoms with Gasteiger partial charge in [0.15, 0.2) is 4.90 Å². The van der Waals surface area contributed by atoms with Crippen molar-refractivity contribution in [3.05, 3.63) is 28.3 Å². The molecule has 0 spiro atoms. The number of hydrogen-bond donors (Lipinski definition) is 3. The number of primary sulfonamides is 1. The van der Waals surface area contributed by atoms with Gasteiger partial charge in [-0.2, -0.15) is 0 Å². The Morgan fingerprint density at radius 1 is 1.43 bits per heavy atom. The van der Waals surface area contributed by atoms with Crippen LogP contribution in [0.25, 0.3) is 0 Å². The number of para-hydroxylation sites is 1. The monoisotopic (exact) mass is 315 g/mol. The maximum absolute atomic E-state index is 11.4. The van der Waals surface area contributed by atoms with Crippen LogP contribution in [0, 0.1) is 16.0 Å². The molecule has 0 radical (unpaired) electrons. The number of nitrogens with zero attached hydrogens (tertiary/aromatic N) is 1. The zero-order valence-corrected chi connectivity index (χ0v) is 12.0. The lowest BCUT2D eigenvalue weighted by molar-refractivity contribution is -0.386. The molecule has 1 saturated carbocycles. The van der Waals surface area contributed by atoms with Crippen molar-refractivity contribution in [1.82, 2.24) is 0 Å². The molecule has 1 aromatic carbocycles. The van der Waals surface area contributed by atoms with Crippen LogP contribution in [0.3, 0.4) is 0 Å². The molecule has 0 aromatic heterocycles. The van der Waals surface area contributed by atoms with Crippen molar-refractivity contribution in [2.75, 3.05) is 11.9 Å². The third kappa shape index (κ3) is 3.49. The Hall–Kier alpha value is -1.71. The van der Waals surface area contributed by atoms with E-state index in [-0.39, 0.29) is 11.6 Å². The summed E-state index contributed by atoms with van der Waals surface area (Å²) in [4.78, 5) is 9.85. The van der Waals surface area contributed by atoms with Gasteiger partial charge in [-0.05, 0) is 25.0 Å². The van der Waals surface area contributed by atoms with Crippen LogP contribution >= 0.6 is 0 Å². The lowest BCUT2D eigenvalue weighted by Gasteiger charge is -2.16. The number of nitrogens with one attached hydrogen (secondary N) is 1. The van der Waals surface area contributed by atoms with Crippen molar-refractivity contribution in [2.24, 2.45) is 11.1 Å². The van der Waals surface area contributed by atoms with Crippen molar-refractivity contribution in [3.63, 3.8) is 0 Å². The smallest absolute Gasteiger partial charge is 0.312 e. The first-order chi connectivity index (χ1) is 9.80. The number of aliphatic hydroxyl groups excluding tert-OH is 1. The Labute approximate surface area is 122 Å². The minimum Gasteiger partial charge on any atom is -0.393 e. The van der Waals surface area contributed by atoms with Crippen molar-refractivity contribution in [1.29, 1.82) is 0 Å². The number of nitrogens with two attached hydrogens (primary N) is 1. The van der Waals surface area contributed by atoms with Gasteiger partial charge in [0.2, 0.25) is 10.0 Å². The lowest BCUT2D eigenvalue weighted by Crippen LogP contribution is -2.22. The first-order valence-electron chi connectivity index (χ1n) is 6.53. The lowest BCUT2D eigenvalue weighted by atomic mass is 10.1. The van der Waals surface area contributed by atoms with Crippen LogP contribution < -0.4 is 10.5 Å². The van der Waals surface area contributed by atoms with Crippen molar-refractivity contribution in [2.45, 2.75) is 30.3 Å². The Bertz CT molecular complexity index is 646. The average Bonchev–Trinajstić information content (AvgIpc) is 2.80. The van der Waals surface area contributed by atoms with E-state index in [1.54, 1.807) is 0 Å². The molecule has 1 aliphatic rings. The molecular formula is C12H17N3O5S. The summed E-state index contributed by atoms with van der Waals surface area (Å²) in [6.07, 6.45) is 2.02. The maximum Gasteiger partial charge on any atom is 0.312 e. The third-order valence-electron chi connectivity index (χ3n) is 3.66. The van der Waals surface area contributed by atoms with Crippen LogP contribution in [0.15, 0.2) is 23.1 Å². The van der Waals surface area contributed by atoms with E-state index in [4.69, 9.17) is 5.14 Å². The number of rotatable bonds is 5. The molecule has 0 aliphatic heterocycles. The largest absolute Gasteiger partial charge is 0.393 e. The highest BCUT2D eigenvalue weighted by Gasteiger charge is 2.29. The van der Waals surface area contributed by atoms with Gasteiger partial charge in [-0.15, -0.1) is 0 Å². The predicted molar refractivity (Wildman–Crippen MR) is 76.3 cm³/mol. The Morgan fingerprint density at radius 3 is 2.67 bits per heavy atom. The second-order valence-corrected chi connectivity index (χ2v) is 6.62. The van der Waals surface area contributed by atoms with Crippen molar-refractivity contribution < 1.29 is 18.4 Å². The van der Waals surface area contributed by atoms with Gasteiger partial charge in [0.05, 0.1) is 11.0 Å². The molecule has 2 atom stereocenters. The molecule has 1 aliphatic carbocycles. The molecule has 2 unspecified atom stereocenters. The average molecular weight is 315 g/mol. The molecular weight excluding hydrogens is 298 g/mol. The van der Waals surface area contributed by atoms with Crippen molar-refractivity contribution >= 4 is 21.4 Å². The molecule has 0 saturated heterocycles.